The average Bonchev–Trinajstić information content (AvgIpc) is 3.01. The van der Waals surface area contributed by atoms with Crippen LogP contribution < -0.4 is 5.32 Å². The maximum atomic E-state index is 13.0. The number of hydrogen-bond donors (Lipinski definition) is 1. The first-order valence-corrected chi connectivity index (χ1v) is 11.4. The molecule has 1 aliphatic heterocycles. The average molecular weight is 441 g/mol. The lowest BCUT2D eigenvalue weighted by Gasteiger charge is -2.24. The summed E-state index contributed by atoms with van der Waals surface area (Å²) in [5, 5.41) is 23.2. The van der Waals surface area contributed by atoms with Crippen LogP contribution in [0.3, 0.4) is 0 Å². The summed E-state index contributed by atoms with van der Waals surface area (Å²) < 4.78 is 6.84. The second-order valence-corrected chi connectivity index (χ2v) is 9.53. The second-order valence-electron chi connectivity index (χ2n) is 9.53. The van der Waals surface area contributed by atoms with Gasteiger partial charge in [0.05, 0.1) is 12.0 Å². The minimum Gasteiger partial charge on any atom is -0.622 e. The van der Waals surface area contributed by atoms with E-state index in [2.05, 4.69) is 59.9 Å². The number of nitrogens with one attached hydrogen (secondary N) is 1. The van der Waals surface area contributed by atoms with Gasteiger partial charge in [0.2, 0.25) is 5.91 Å². The van der Waals surface area contributed by atoms with Gasteiger partial charge in [-0.2, -0.15) is 4.74 Å². The normalized spacial score (nSPS) is 18.3. The molecule has 0 aliphatic carbocycles. The first-order valence-electron chi connectivity index (χ1n) is 11.4. The van der Waals surface area contributed by atoms with Gasteiger partial charge in [0.15, 0.2) is 5.71 Å². The standard InChI is InChI=1S/C28H28N2O3/c1-18(31)29-15-16-33-27-28(2,3)17-23(30(27)32)13-11-19-7-8-22-10-9-20-5-4-6-21-12-14-24(19)26(22)25(20)21/h4-14,27H,15-17H2,1-3H3,(H,29,31)/b13-11+. The largest absolute Gasteiger partial charge is 0.622 e. The van der Waals surface area contributed by atoms with Crippen LogP contribution in [0.5, 0.6) is 0 Å². The molecular weight excluding hydrogens is 412 g/mol. The summed E-state index contributed by atoms with van der Waals surface area (Å²) in [5.41, 5.74) is 1.48. The van der Waals surface area contributed by atoms with Gasteiger partial charge in [0.1, 0.15) is 0 Å². The molecule has 1 amide bonds. The van der Waals surface area contributed by atoms with E-state index in [0.29, 0.717) is 25.3 Å². The van der Waals surface area contributed by atoms with E-state index in [0.717, 1.165) is 10.3 Å². The van der Waals surface area contributed by atoms with Gasteiger partial charge in [-0.15, -0.1) is 0 Å². The van der Waals surface area contributed by atoms with E-state index >= 15 is 0 Å². The summed E-state index contributed by atoms with van der Waals surface area (Å²) in [6.07, 6.45) is 4.02. The van der Waals surface area contributed by atoms with Crippen LogP contribution in [0, 0.1) is 10.6 Å². The van der Waals surface area contributed by atoms with Gasteiger partial charge in [-0.3, -0.25) is 4.79 Å². The third-order valence-electron chi connectivity index (χ3n) is 6.57. The summed E-state index contributed by atoms with van der Waals surface area (Å²) in [6, 6.07) is 19.4. The Hall–Kier alpha value is -3.44. The Morgan fingerprint density at radius 1 is 1.06 bits per heavy atom. The molecule has 0 spiro atoms. The molecule has 1 heterocycles. The number of nitrogens with zero attached hydrogens (tertiary/aromatic N) is 1. The van der Waals surface area contributed by atoms with Crippen molar-refractivity contribution in [2.24, 2.45) is 5.41 Å². The highest BCUT2D eigenvalue weighted by atomic mass is 16.6. The first kappa shape index (κ1) is 21.4. The Bertz CT molecular complexity index is 1400. The van der Waals surface area contributed by atoms with E-state index in [4.69, 9.17) is 4.74 Å². The van der Waals surface area contributed by atoms with Gasteiger partial charge < -0.3 is 15.3 Å². The zero-order chi connectivity index (χ0) is 23.2. The summed E-state index contributed by atoms with van der Waals surface area (Å²) in [6.45, 7) is 6.24. The second kappa shape index (κ2) is 8.16. The Kier molecular flexibility index (Phi) is 5.29. The van der Waals surface area contributed by atoms with Crippen molar-refractivity contribution in [2.45, 2.75) is 33.4 Å². The molecule has 33 heavy (non-hydrogen) atoms. The van der Waals surface area contributed by atoms with Crippen molar-refractivity contribution in [2.75, 3.05) is 13.2 Å². The highest BCUT2D eigenvalue weighted by Crippen LogP contribution is 2.37. The van der Waals surface area contributed by atoms with Crippen LogP contribution >= 0.6 is 0 Å². The number of carbonyl (C=O) groups excluding carboxylic acids is 1. The molecule has 0 aromatic heterocycles. The Morgan fingerprint density at radius 2 is 1.73 bits per heavy atom. The number of hydroxylamine groups is 1. The van der Waals surface area contributed by atoms with Crippen molar-refractivity contribution in [3.63, 3.8) is 0 Å². The van der Waals surface area contributed by atoms with Gasteiger partial charge in [0.25, 0.3) is 6.23 Å². The number of amides is 1. The molecule has 1 N–H and O–H groups in total. The molecule has 4 aromatic rings. The van der Waals surface area contributed by atoms with Crippen molar-refractivity contribution in [1.82, 2.24) is 5.32 Å². The lowest BCUT2D eigenvalue weighted by Crippen LogP contribution is -2.36. The minimum atomic E-state index is -0.577. The molecule has 168 valence electrons. The zero-order valence-electron chi connectivity index (χ0n) is 19.2. The van der Waals surface area contributed by atoms with Gasteiger partial charge in [-0.25, -0.2) is 0 Å². The van der Waals surface area contributed by atoms with Crippen LogP contribution in [-0.4, -0.2) is 35.7 Å². The van der Waals surface area contributed by atoms with Crippen molar-refractivity contribution in [3.05, 3.63) is 71.4 Å². The van der Waals surface area contributed by atoms with E-state index in [1.807, 2.05) is 26.0 Å². The number of benzene rings is 4. The number of allylic oxidation sites excluding steroid dienone is 1. The first-order chi connectivity index (χ1) is 15.8. The van der Waals surface area contributed by atoms with E-state index < -0.39 is 6.23 Å². The number of hydrogen-bond acceptors (Lipinski definition) is 3. The van der Waals surface area contributed by atoms with Crippen molar-refractivity contribution >= 4 is 50.0 Å². The molecule has 1 aliphatic rings. The Labute approximate surface area is 193 Å². The van der Waals surface area contributed by atoms with Crippen molar-refractivity contribution in [3.8, 4) is 0 Å². The maximum absolute atomic E-state index is 13.0. The molecule has 1 unspecified atom stereocenters. The summed E-state index contributed by atoms with van der Waals surface area (Å²) in [5.74, 6) is -0.105. The zero-order valence-corrected chi connectivity index (χ0v) is 19.2. The van der Waals surface area contributed by atoms with Gasteiger partial charge in [-0.1, -0.05) is 68.4 Å². The van der Waals surface area contributed by atoms with Crippen LogP contribution in [0.1, 0.15) is 32.8 Å². The SMILES string of the molecule is CC(=O)NCCOC1[N+]([O-])=C(/C=C/c2ccc3ccc4cccc5ccc2c3c45)CC1(C)C. The van der Waals surface area contributed by atoms with Crippen LogP contribution in [0.2, 0.25) is 0 Å². The predicted molar refractivity (Wildman–Crippen MR) is 135 cm³/mol. The summed E-state index contributed by atoms with van der Waals surface area (Å²) in [4.78, 5) is 11.1. The molecular formula is C28H28N2O3. The van der Waals surface area contributed by atoms with Crippen molar-refractivity contribution in [1.29, 1.82) is 0 Å². The monoisotopic (exact) mass is 440 g/mol. The highest BCUT2D eigenvalue weighted by molar-refractivity contribution is 6.24. The Morgan fingerprint density at radius 3 is 2.45 bits per heavy atom. The van der Waals surface area contributed by atoms with E-state index in [9.17, 15) is 10.0 Å². The number of ether oxygens (including phenoxy) is 1. The fraction of sp³-hybridized carbons (Fsp3) is 0.286. The van der Waals surface area contributed by atoms with Crippen molar-refractivity contribution < 1.29 is 14.3 Å². The molecule has 4 aromatic carbocycles. The number of rotatable bonds is 6. The molecule has 0 bridgehead atoms. The van der Waals surface area contributed by atoms with Crippen LogP contribution in [0.15, 0.2) is 60.7 Å². The third kappa shape index (κ3) is 3.83. The minimum absolute atomic E-state index is 0.105. The Balaban J connectivity index is 1.47. The number of carbonyl (C=O) groups is 1. The maximum Gasteiger partial charge on any atom is 0.273 e. The molecule has 5 nitrogen and oxygen atoms in total. The van der Waals surface area contributed by atoms with Crippen LogP contribution in [-0.2, 0) is 9.53 Å². The molecule has 1 atom stereocenters. The van der Waals surface area contributed by atoms with E-state index in [-0.39, 0.29) is 11.3 Å². The van der Waals surface area contributed by atoms with Crippen LogP contribution in [0.4, 0.5) is 0 Å². The quantitative estimate of drug-likeness (QED) is 0.187. The topological polar surface area (TPSA) is 64.4 Å². The highest BCUT2D eigenvalue weighted by Gasteiger charge is 2.46. The van der Waals surface area contributed by atoms with E-state index in [1.165, 1.54) is 39.2 Å². The van der Waals surface area contributed by atoms with E-state index in [1.54, 1.807) is 0 Å². The predicted octanol–water partition coefficient (Wildman–Crippen LogP) is 5.46. The van der Waals surface area contributed by atoms with Crippen LogP contribution in [0.25, 0.3) is 38.4 Å². The summed E-state index contributed by atoms with van der Waals surface area (Å²) >= 11 is 0. The third-order valence-corrected chi connectivity index (χ3v) is 6.57. The molecule has 5 rings (SSSR count). The lowest BCUT2D eigenvalue weighted by atomic mass is 9.88. The van der Waals surface area contributed by atoms with Gasteiger partial charge >= 0.3 is 0 Å². The molecule has 0 saturated heterocycles. The molecule has 0 radical (unpaired) electrons. The lowest BCUT2D eigenvalue weighted by molar-refractivity contribution is -0.564. The fourth-order valence-corrected chi connectivity index (χ4v) is 5.01. The fourth-order valence-electron chi connectivity index (χ4n) is 5.01. The molecule has 0 saturated carbocycles. The molecule has 0 fully saturated rings. The smallest absolute Gasteiger partial charge is 0.273 e. The molecule has 5 heteroatoms. The summed E-state index contributed by atoms with van der Waals surface area (Å²) in [7, 11) is 0. The van der Waals surface area contributed by atoms with Gasteiger partial charge in [-0.05, 0) is 44.0 Å². The van der Waals surface area contributed by atoms with Gasteiger partial charge in [0, 0.05) is 26.0 Å².